The first-order chi connectivity index (χ1) is 7.56. The van der Waals surface area contributed by atoms with E-state index in [2.05, 4.69) is 10.0 Å². The summed E-state index contributed by atoms with van der Waals surface area (Å²) >= 11 is 1.17. The Morgan fingerprint density at radius 3 is 2.81 bits per heavy atom. The Kier molecular flexibility index (Phi) is 4.91. The Morgan fingerprint density at radius 1 is 1.50 bits per heavy atom. The van der Waals surface area contributed by atoms with Crippen molar-refractivity contribution in [1.29, 1.82) is 0 Å². The molecule has 1 amide bonds. The first kappa shape index (κ1) is 13.1. The molecule has 0 aliphatic carbocycles. The van der Waals surface area contributed by atoms with Crippen LogP contribution >= 0.6 is 11.3 Å². The van der Waals surface area contributed by atoms with Gasteiger partial charge in [-0.05, 0) is 17.9 Å². The van der Waals surface area contributed by atoms with Crippen molar-refractivity contribution in [3.8, 4) is 0 Å². The highest BCUT2D eigenvalue weighted by molar-refractivity contribution is 7.91. The van der Waals surface area contributed by atoms with E-state index in [9.17, 15) is 13.2 Å². The molecule has 0 radical (unpaired) electrons. The summed E-state index contributed by atoms with van der Waals surface area (Å²) in [5, 5.41) is 4.18. The minimum Gasteiger partial charge on any atom is -0.359 e. The molecule has 0 saturated carbocycles. The summed E-state index contributed by atoms with van der Waals surface area (Å²) in [5.41, 5.74) is 0. The maximum Gasteiger partial charge on any atom is 0.250 e. The summed E-state index contributed by atoms with van der Waals surface area (Å²) in [6, 6.07) is 3.23. The van der Waals surface area contributed by atoms with Gasteiger partial charge >= 0.3 is 0 Å². The van der Waals surface area contributed by atoms with Crippen molar-refractivity contribution in [2.75, 3.05) is 13.6 Å². The molecular weight excluding hydrogens is 248 g/mol. The predicted octanol–water partition coefficient (Wildman–Crippen LogP) is 0.553. The van der Waals surface area contributed by atoms with E-state index in [0.717, 1.165) is 0 Å². The van der Waals surface area contributed by atoms with Crippen LogP contribution in [0, 0.1) is 0 Å². The van der Waals surface area contributed by atoms with Crippen molar-refractivity contribution in [3.05, 3.63) is 17.5 Å². The minimum absolute atomic E-state index is 0.0877. The molecule has 0 fully saturated rings. The summed E-state index contributed by atoms with van der Waals surface area (Å²) in [5.74, 6) is -0.0877. The quantitative estimate of drug-likeness (QED) is 0.735. The van der Waals surface area contributed by atoms with Gasteiger partial charge < -0.3 is 5.32 Å². The van der Waals surface area contributed by atoms with Gasteiger partial charge in [0, 0.05) is 20.0 Å². The van der Waals surface area contributed by atoms with E-state index in [-0.39, 0.29) is 12.5 Å². The van der Waals surface area contributed by atoms with Gasteiger partial charge in [-0.15, -0.1) is 11.3 Å². The third-order valence-corrected chi connectivity index (χ3v) is 4.77. The van der Waals surface area contributed by atoms with Crippen LogP contribution in [0.3, 0.4) is 0 Å². The molecule has 0 aliphatic rings. The van der Waals surface area contributed by atoms with Crippen LogP contribution in [-0.4, -0.2) is 27.9 Å². The number of hydrogen-bond donors (Lipinski definition) is 2. The second-order valence-corrected chi connectivity index (χ2v) is 6.05. The highest BCUT2D eigenvalue weighted by Crippen LogP contribution is 2.14. The SMILES string of the molecule is CNC(=O)CCCNS(=O)(=O)c1cccs1. The number of nitrogens with one attached hydrogen (secondary N) is 2. The zero-order valence-electron chi connectivity index (χ0n) is 8.89. The second kappa shape index (κ2) is 5.97. The molecule has 0 unspecified atom stereocenters. The second-order valence-electron chi connectivity index (χ2n) is 3.11. The summed E-state index contributed by atoms with van der Waals surface area (Å²) in [6.45, 7) is 0.271. The molecule has 1 aromatic heterocycles. The molecule has 0 saturated heterocycles. The van der Waals surface area contributed by atoms with Crippen LogP contribution in [0.15, 0.2) is 21.7 Å². The largest absolute Gasteiger partial charge is 0.359 e. The summed E-state index contributed by atoms with van der Waals surface area (Å²) < 4.78 is 26.0. The first-order valence-electron chi connectivity index (χ1n) is 4.80. The lowest BCUT2D eigenvalue weighted by Gasteiger charge is -2.03. The van der Waals surface area contributed by atoms with Crippen LogP contribution in [0.5, 0.6) is 0 Å². The van der Waals surface area contributed by atoms with Crippen molar-refractivity contribution in [3.63, 3.8) is 0 Å². The maximum absolute atomic E-state index is 11.6. The van der Waals surface area contributed by atoms with Gasteiger partial charge in [0.15, 0.2) is 0 Å². The summed E-state index contributed by atoms with van der Waals surface area (Å²) in [6.07, 6.45) is 0.813. The van der Waals surface area contributed by atoms with Crippen LogP contribution in [0.2, 0.25) is 0 Å². The predicted molar refractivity (Wildman–Crippen MR) is 62.8 cm³/mol. The third kappa shape index (κ3) is 3.92. The average Bonchev–Trinajstić information content (AvgIpc) is 2.78. The third-order valence-electron chi connectivity index (χ3n) is 1.91. The number of thiophene rings is 1. The molecule has 16 heavy (non-hydrogen) atoms. The van der Waals surface area contributed by atoms with Crippen molar-refractivity contribution >= 4 is 27.3 Å². The van der Waals surface area contributed by atoms with Crippen molar-refractivity contribution < 1.29 is 13.2 Å². The van der Waals surface area contributed by atoms with Crippen LogP contribution in [0.1, 0.15) is 12.8 Å². The Labute approximate surface area is 98.9 Å². The minimum atomic E-state index is -3.38. The van der Waals surface area contributed by atoms with Crippen LogP contribution in [-0.2, 0) is 14.8 Å². The van der Waals surface area contributed by atoms with Crippen molar-refractivity contribution in [2.24, 2.45) is 0 Å². The standard InChI is InChI=1S/C9H14N2O3S2/c1-10-8(12)4-2-6-11-16(13,14)9-5-3-7-15-9/h3,5,7,11H,2,4,6H2,1H3,(H,10,12). The summed E-state index contributed by atoms with van der Waals surface area (Å²) in [4.78, 5) is 10.9. The van der Waals surface area contributed by atoms with Gasteiger partial charge in [0.1, 0.15) is 4.21 Å². The highest BCUT2D eigenvalue weighted by atomic mass is 32.2. The lowest BCUT2D eigenvalue weighted by Crippen LogP contribution is -2.25. The van der Waals surface area contributed by atoms with E-state index in [4.69, 9.17) is 0 Å². The molecule has 0 atom stereocenters. The molecule has 2 N–H and O–H groups in total. The zero-order valence-corrected chi connectivity index (χ0v) is 10.5. The Balaban J connectivity index is 2.36. The van der Waals surface area contributed by atoms with E-state index >= 15 is 0 Å². The van der Waals surface area contributed by atoms with Crippen LogP contribution in [0.4, 0.5) is 0 Å². The topological polar surface area (TPSA) is 75.3 Å². The Morgan fingerprint density at radius 2 is 2.25 bits per heavy atom. The molecule has 0 spiro atoms. The van der Waals surface area contributed by atoms with Crippen LogP contribution in [0.25, 0.3) is 0 Å². The van der Waals surface area contributed by atoms with Gasteiger partial charge in [-0.3, -0.25) is 4.79 Å². The molecule has 0 aromatic carbocycles. The molecule has 90 valence electrons. The van der Waals surface area contributed by atoms with Gasteiger partial charge in [0.25, 0.3) is 0 Å². The monoisotopic (exact) mass is 262 g/mol. The van der Waals surface area contributed by atoms with Gasteiger partial charge in [-0.25, -0.2) is 13.1 Å². The average molecular weight is 262 g/mol. The van der Waals surface area contributed by atoms with E-state index in [1.807, 2.05) is 0 Å². The molecule has 0 aliphatic heterocycles. The number of carbonyl (C=O) groups excluding carboxylic acids is 1. The number of hydrogen-bond acceptors (Lipinski definition) is 4. The van der Waals surface area contributed by atoms with Gasteiger partial charge in [0.05, 0.1) is 0 Å². The lowest BCUT2D eigenvalue weighted by atomic mass is 10.3. The normalized spacial score (nSPS) is 11.3. The molecule has 0 bridgehead atoms. The van der Waals surface area contributed by atoms with E-state index in [0.29, 0.717) is 17.1 Å². The maximum atomic E-state index is 11.6. The molecule has 1 aromatic rings. The number of carbonyl (C=O) groups is 1. The van der Waals surface area contributed by atoms with E-state index in [1.165, 1.54) is 11.3 Å². The van der Waals surface area contributed by atoms with Gasteiger partial charge in [-0.1, -0.05) is 6.07 Å². The molecular formula is C9H14N2O3S2. The first-order valence-corrected chi connectivity index (χ1v) is 7.16. The molecule has 7 heteroatoms. The van der Waals surface area contributed by atoms with Crippen LogP contribution < -0.4 is 10.0 Å². The fourth-order valence-corrected chi connectivity index (χ4v) is 3.18. The summed E-state index contributed by atoms with van der Waals surface area (Å²) in [7, 11) is -1.83. The number of rotatable bonds is 6. The fraction of sp³-hybridized carbons (Fsp3) is 0.444. The number of amides is 1. The molecule has 1 heterocycles. The fourth-order valence-electron chi connectivity index (χ4n) is 1.07. The highest BCUT2D eigenvalue weighted by Gasteiger charge is 2.13. The Bertz CT molecular complexity index is 426. The van der Waals surface area contributed by atoms with E-state index < -0.39 is 10.0 Å². The van der Waals surface area contributed by atoms with Crippen molar-refractivity contribution in [1.82, 2.24) is 10.0 Å². The van der Waals surface area contributed by atoms with Crippen molar-refractivity contribution in [2.45, 2.75) is 17.1 Å². The molecule has 1 rings (SSSR count). The lowest BCUT2D eigenvalue weighted by molar-refractivity contribution is -0.120. The zero-order chi connectivity index (χ0) is 12.0. The molecule has 5 nitrogen and oxygen atoms in total. The van der Waals surface area contributed by atoms with Gasteiger partial charge in [0.2, 0.25) is 15.9 Å². The smallest absolute Gasteiger partial charge is 0.250 e. The van der Waals surface area contributed by atoms with E-state index in [1.54, 1.807) is 24.6 Å². The Hall–Kier alpha value is -0.920. The number of sulfonamides is 1. The van der Waals surface area contributed by atoms with Gasteiger partial charge in [-0.2, -0.15) is 0 Å².